The van der Waals surface area contributed by atoms with Gasteiger partial charge in [-0.25, -0.2) is 13.2 Å². The third kappa shape index (κ3) is 5.99. The number of amides is 2. The Hall–Kier alpha value is -1.56. The Balaban J connectivity index is 2.11. The summed E-state index contributed by atoms with van der Waals surface area (Å²) in [6, 6.07) is 3.50. The minimum Gasteiger partial charge on any atom is -0.504 e. The van der Waals surface area contributed by atoms with E-state index < -0.39 is 33.5 Å². The Morgan fingerprint density at radius 1 is 1.20 bits per heavy atom. The van der Waals surface area contributed by atoms with Crippen molar-refractivity contribution in [2.75, 3.05) is 23.1 Å². The topological polar surface area (TPSA) is 128 Å². The third-order valence-corrected chi connectivity index (χ3v) is 8.15. The Bertz CT molecular complexity index is 1020. The van der Waals surface area contributed by atoms with Crippen LogP contribution < -0.4 is 16.0 Å². The Labute approximate surface area is 189 Å². The lowest BCUT2D eigenvalue weighted by Gasteiger charge is -2.29. The van der Waals surface area contributed by atoms with Crippen LogP contribution in [0.15, 0.2) is 27.8 Å². The highest BCUT2D eigenvalue weighted by Gasteiger charge is 2.29. The van der Waals surface area contributed by atoms with Crippen LogP contribution in [-0.2, 0) is 9.84 Å². The van der Waals surface area contributed by atoms with Crippen molar-refractivity contribution in [3.63, 3.8) is 0 Å². The molecule has 1 heterocycles. The third-order valence-electron chi connectivity index (χ3n) is 4.21. The highest BCUT2D eigenvalue weighted by molar-refractivity contribution is 7.93. The first-order valence-electron chi connectivity index (χ1n) is 8.76. The van der Waals surface area contributed by atoms with Gasteiger partial charge in [0.25, 0.3) is 0 Å². The number of halogens is 2. The van der Waals surface area contributed by atoms with Gasteiger partial charge in [-0.1, -0.05) is 50.0 Å². The van der Waals surface area contributed by atoms with E-state index >= 15 is 0 Å². The Kier molecular flexibility index (Phi) is 8.00. The molecule has 12 heteroatoms. The van der Waals surface area contributed by atoms with Gasteiger partial charge in [-0.15, -0.1) is 11.3 Å². The predicted octanol–water partition coefficient (Wildman–Crippen LogP) is 4.13. The summed E-state index contributed by atoms with van der Waals surface area (Å²) in [6.07, 6.45) is 0. The number of rotatable bonds is 7. The average molecular weight is 496 g/mol. The van der Waals surface area contributed by atoms with Gasteiger partial charge in [-0.3, -0.25) is 5.32 Å². The van der Waals surface area contributed by atoms with E-state index in [1.807, 2.05) is 20.8 Å². The largest absolute Gasteiger partial charge is 0.504 e. The van der Waals surface area contributed by atoms with E-state index in [4.69, 9.17) is 23.2 Å². The maximum absolute atomic E-state index is 12.6. The second-order valence-electron chi connectivity index (χ2n) is 7.53. The number of aliphatic hydroxyl groups is 1. The van der Waals surface area contributed by atoms with E-state index in [2.05, 4.69) is 16.0 Å². The van der Waals surface area contributed by atoms with Crippen LogP contribution in [-0.4, -0.2) is 43.2 Å². The van der Waals surface area contributed by atoms with Crippen LogP contribution in [0, 0.1) is 5.41 Å². The lowest BCUT2D eigenvalue weighted by Crippen LogP contribution is -2.45. The number of carbonyl (C=O) groups excluding carboxylic acids is 1. The Morgan fingerprint density at radius 2 is 1.83 bits per heavy atom. The summed E-state index contributed by atoms with van der Waals surface area (Å²) in [4.78, 5) is 12.2. The number of benzene rings is 1. The van der Waals surface area contributed by atoms with E-state index in [-0.39, 0.29) is 37.7 Å². The van der Waals surface area contributed by atoms with Crippen molar-refractivity contribution >= 4 is 61.8 Å². The zero-order valence-corrected chi connectivity index (χ0v) is 19.6. The van der Waals surface area contributed by atoms with Crippen LogP contribution >= 0.6 is 34.5 Å². The van der Waals surface area contributed by atoms with Crippen molar-refractivity contribution in [3.8, 4) is 5.75 Å². The molecule has 0 aliphatic rings. The molecule has 8 nitrogen and oxygen atoms in total. The maximum atomic E-state index is 12.6. The molecule has 0 saturated heterocycles. The number of sulfone groups is 1. The van der Waals surface area contributed by atoms with Crippen LogP contribution in [0.1, 0.15) is 20.8 Å². The molecule has 1 atom stereocenters. The molecule has 2 rings (SSSR count). The van der Waals surface area contributed by atoms with Gasteiger partial charge < -0.3 is 20.8 Å². The van der Waals surface area contributed by atoms with Crippen molar-refractivity contribution in [2.24, 2.45) is 5.41 Å². The van der Waals surface area contributed by atoms with E-state index in [9.17, 15) is 23.4 Å². The number of hydrogen-bond acceptors (Lipinski definition) is 7. The Morgan fingerprint density at radius 3 is 2.43 bits per heavy atom. The van der Waals surface area contributed by atoms with Crippen molar-refractivity contribution in [1.29, 1.82) is 0 Å². The fourth-order valence-corrected chi connectivity index (χ4v) is 5.27. The van der Waals surface area contributed by atoms with E-state index in [0.717, 1.165) is 11.3 Å². The monoisotopic (exact) mass is 495 g/mol. The molecular formula is C18H23Cl2N3O5S2. The predicted molar refractivity (Wildman–Crippen MR) is 121 cm³/mol. The summed E-state index contributed by atoms with van der Waals surface area (Å²) in [5, 5.41) is 29.2. The van der Waals surface area contributed by atoms with Crippen molar-refractivity contribution in [2.45, 2.75) is 31.0 Å². The number of thiophene rings is 1. The van der Waals surface area contributed by atoms with Gasteiger partial charge in [0.1, 0.15) is 5.88 Å². The van der Waals surface area contributed by atoms with Crippen LogP contribution in [0.3, 0.4) is 0 Å². The summed E-state index contributed by atoms with van der Waals surface area (Å²) in [6.45, 7) is 5.35. The average Bonchev–Trinajstić information content (AvgIpc) is 2.99. The minimum absolute atomic E-state index is 0.0660. The first kappa shape index (κ1) is 24.7. The zero-order valence-electron chi connectivity index (χ0n) is 16.5. The molecule has 0 aliphatic carbocycles. The van der Waals surface area contributed by atoms with E-state index in [0.29, 0.717) is 0 Å². The van der Waals surface area contributed by atoms with Crippen LogP contribution in [0.4, 0.5) is 16.2 Å². The molecule has 0 saturated carbocycles. The number of anilines is 2. The lowest BCUT2D eigenvalue weighted by atomic mass is 9.87. The van der Waals surface area contributed by atoms with E-state index in [1.54, 1.807) is 12.1 Å². The quantitative estimate of drug-likeness (QED) is 0.392. The fourth-order valence-electron chi connectivity index (χ4n) is 2.44. The molecule has 2 amide bonds. The summed E-state index contributed by atoms with van der Waals surface area (Å²) >= 11 is 12.7. The lowest BCUT2D eigenvalue weighted by molar-refractivity contribution is 0.164. The number of urea groups is 1. The molecular weight excluding hydrogens is 473 g/mol. The number of nitrogens with one attached hydrogen (secondary N) is 3. The molecule has 5 N–H and O–H groups in total. The summed E-state index contributed by atoms with van der Waals surface area (Å²) in [7, 11) is -3.91. The highest BCUT2D eigenvalue weighted by Crippen LogP contribution is 2.38. The molecule has 30 heavy (non-hydrogen) atoms. The van der Waals surface area contributed by atoms with Gasteiger partial charge in [0, 0.05) is 11.4 Å². The van der Waals surface area contributed by atoms with Gasteiger partial charge in [0.15, 0.2) is 9.96 Å². The molecule has 2 aromatic rings. The van der Waals surface area contributed by atoms with Crippen LogP contribution in [0.25, 0.3) is 0 Å². The number of hydrogen-bond donors (Lipinski definition) is 5. The molecule has 166 valence electrons. The van der Waals surface area contributed by atoms with Crippen molar-refractivity contribution < 1.29 is 23.4 Å². The van der Waals surface area contributed by atoms with Crippen LogP contribution in [0.5, 0.6) is 5.75 Å². The molecule has 0 fully saturated rings. The van der Waals surface area contributed by atoms with Gasteiger partial charge in [0.05, 0.1) is 28.0 Å². The highest BCUT2D eigenvalue weighted by atomic mass is 35.5. The molecule has 0 bridgehead atoms. The fraction of sp³-hybridized carbons (Fsp3) is 0.389. The van der Waals surface area contributed by atoms with Crippen molar-refractivity contribution in [1.82, 2.24) is 5.32 Å². The van der Waals surface area contributed by atoms with Crippen LogP contribution in [0.2, 0.25) is 10.0 Å². The molecule has 0 radical (unpaired) electrons. The smallest absolute Gasteiger partial charge is 0.323 e. The molecule has 0 unspecified atom stereocenters. The first-order chi connectivity index (χ1) is 13.9. The second kappa shape index (κ2) is 9.71. The number of aliphatic hydroxyl groups excluding tert-OH is 1. The summed E-state index contributed by atoms with van der Waals surface area (Å²) in [5.74, 6) is -1.04. The minimum atomic E-state index is -3.91. The maximum Gasteiger partial charge on any atom is 0.323 e. The van der Waals surface area contributed by atoms with Crippen molar-refractivity contribution in [3.05, 3.63) is 33.6 Å². The van der Waals surface area contributed by atoms with Gasteiger partial charge in [-0.05, 0) is 17.5 Å². The molecule has 1 aromatic heterocycles. The van der Waals surface area contributed by atoms with Gasteiger partial charge >= 0.3 is 6.03 Å². The molecule has 0 aliphatic heterocycles. The standard InChI is InChI=1S/C18H23Cl2N3O5S2/c1-18(2,3)13(7-24)21-9-30(27,28)16-15(25)12(8-29-16)23-17(26)22-11-6-4-5-10(19)14(11)20/h4-6,8,13,21,24-25H,7,9H2,1-3H3,(H2,22,23,26)/t13-/m1/s1. The first-order valence-corrected chi connectivity index (χ1v) is 12.0. The molecule has 0 spiro atoms. The number of carbonyl (C=O) groups is 1. The second-order valence-corrected chi connectivity index (χ2v) is 11.4. The summed E-state index contributed by atoms with van der Waals surface area (Å²) < 4.78 is 24.9. The normalized spacial score (nSPS) is 13.1. The zero-order chi connectivity index (χ0) is 22.7. The van der Waals surface area contributed by atoms with Gasteiger partial charge in [-0.2, -0.15) is 0 Å². The van der Waals surface area contributed by atoms with Gasteiger partial charge in [0.2, 0.25) is 9.84 Å². The van der Waals surface area contributed by atoms with E-state index in [1.165, 1.54) is 11.4 Å². The SMILES string of the molecule is CC(C)(C)[C@@H](CO)NCS(=O)(=O)c1scc(NC(=O)Nc2cccc(Cl)c2Cl)c1O. The number of aromatic hydroxyl groups is 1. The molecule has 1 aromatic carbocycles. The summed E-state index contributed by atoms with van der Waals surface area (Å²) in [5.41, 5.74) is -0.178.